The number of benzene rings is 4. The number of phenols is 1. The average molecular weight is 1040 g/mol. The van der Waals surface area contributed by atoms with Gasteiger partial charge in [-0.2, -0.15) is 0 Å². The highest BCUT2D eigenvalue weighted by atomic mass is 127. The van der Waals surface area contributed by atoms with Gasteiger partial charge in [0.25, 0.3) is 0 Å². The van der Waals surface area contributed by atoms with Gasteiger partial charge in [-0.3, -0.25) is 0 Å². The van der Waals surface area contributed by atoms with Crippen molar-refractivity contribution in [1.29, 1.82) is 0 Å². The van der Waals surface area contributed by atoms with E-state index in [4.69, 9.17) is 9.47 Å². The molecular weight excluding hydrogens is 1020 g/mol. The van der Waals surface area contributed by atoms with Crippen LogP contribution in [-0.4, -0.2) is 11.1 Å². The summed E-state index contributed by atoms with van der Waals surface area (Å²) < 4.78 is 16.9. The first-order valence-electron chi connectivity index (χ1n) is 10.6. The summed E-state index contributed by atoms with van der Waals surface area (Å²) in [6.07, 6.45) is 0. The minimum absolute atomic E-state index is 0.219. The number of ether oxygens (including phenoxy) is 2. The normalized spacial score (nSPS) is 16.5. The summed E-state index contributed by atoms with van der Waals surface area (Å²) in [6.45, 7) is 0.458. The zero-order valence-electron chi connectivity index (χ0n) is 18.2. The van der Waals surface area contributed by atoms with Gasteiger partial charge in [0, 0.05) is 20.3 Å². The first-order valence-corrected chi connectivity index (χ1v) is 16.0. The topological polar surface area (TPSA) is 55.8 Å². The van der Waals surface area contributed by atoms with Crippen LogP contribution in [0, 0.1) is 17.9 Å². The van der Waals surface area contributed by atoms with Crippen LogP contribution in [0.2, 0.25) is 0 Å². The zero-order valence-corrected chi connectivity index (χ0v) is 29.0. The molecule has 0 spiro atoms. The van der Waals surface area contributed by atoms with E-state index in [1.54, 1.807) is 6.07 Å². The van der Waals surface area contributed by atoms with Gasteiger partial charge in [-0.25, -0.2) is 4.79 Å². The second-order valence-corrected chi connectivity index (χ2v) is 14.0. The molecule has 36 heavy (non-hydrogen) atoms. The van der Waals surface area contributed by atoms with E-state index < -0.39 is 5.60 Å². The molecule has 0 saturated heterocycles. The molecule has 9 heteroatoms. The smallest absolute Gasteiger partial charge is 0.340 e. The van der Waals surface area contributed by atoms with Crippen molar-refractivity contribution in [3.05, 3.63) is 118 Å². The van der Waals surface area contributed by atoms with E-state index in [0.717, 1.165) is 38.7 Å². The van der Waals surface area contributed by atoms with Crippen molar-refractivity contribution in [3.8, 4) is 11.5 Å². The number of rotatable bonds is 5. The number of cyclic esters (lactones) is 1. The highest BCUT2D eigenvalue weighted by Gasteiger charge is 2.49. The number of carbonyl (C=O) groups excluding carboxylic acids is 1. The third-order valence-corrected chi connectivity index (χ3v) is 9.79. The Morgan fingerprint density at radius 2 is 1.39 bits per heavy atom. The van der Waals surface area contributed by atoms with Crippen LogP contribution in [0.4, 0.5) is 0 Å². The average Bonchev–Trinajstić information content (AvgIpc) is 3.15. The minimum Gasteiger partial charge on any atom is -0.506 e. The van der Waals surface area contributed by atoms with E-state index in [1.165, 1.54) is 0 Å². The number of carbonyl (C=O) groups is 1. The van der Waals surface area contributed by atoms with Gasteiger partial charge in [-0.15, -0.1) is 0 Å². The fraction of sp³-hybridized carbons (Fsp3) is 0.0741. The SMILES string of the molecule is O=C1OC(c2cc(I)c(O)c(I)c2)(c2cc(I)c(OCc3cccc(I)c3)c(I)c2)c2ccccc21. The third kappa shape index (κ3) is 4.99. The van der Waals surface area contributed by atoms with Gasteiger partial charge in [-0.1, -0.05) is 30.3 Å². The molecule has 4 aromatic rings. The molecule has 0 bridgehead atoms. The number of aromatic hydroxyl groups is 1. The fourth-order valence-electron chi connectivity index (χ4n) is 4.26. The van der Waals surface area contributed by atoms with Crippen molar-refractivity contribution in [2.24, 2.45) is 0 Å². The quantitative estimate of drug-likeness (QED) is 0.161. The summed E-state index contributed by atoms with van der Waals surface area (Å²) in [5.74, 6) is 0.644. The van der Waals surface area contributed by atoms with Crippen LogP contribution in [0.5, 0.6) is 11.5 Å². The molecule has 1 heterocycles. The summed E-state index contributed by atoms with van der Waals surface area (Å²) >= 11 is 11.1. The molecule has 1 aliphatic rings. The van der Waals surface area contributed by atoms with E-state index in [2.05, 4.69) is 125 Å². The van der Waals surface area contributed by atoms with E-state index >= 15 is 0 Å². The van der Waals surface area contributed by atoms with Gasteiger partial charge in [0.05, 0.1) is 19.8 Å². The van der Waals surface area contributed by atoms with Gasteiger partial charge >= 0.3 is 5.97 Å². The summed E-state index contributed by atoms with van der Waals surface area (Å²) in [4.78, 5) is 13.1. The van der Waals surface area contributed by atoms with Crippen molar-refractivity contribution in [2.75, 3.05) is 0 Å². The molecular formula is C27H15I5O4. The molecule has 0 saturated carbocycles. The molecule has 1 aliphatic heterocycles. The maximum Gasteiger partial charge on any atom is 0.340 e. The maximum absolute atomic E-state index is 13.1. The number of esters is 1. The molecule has 0 aliphatic carbocycles. The molecule has 0 amide bonds. The van der Waals surface area contributed by atoms with Crippen LogP contribution in [0.1, 0.15) is 32.6 Å². The summed E-state index contributed by atoms with van der Waals surface area (Å²) in [5.41, 5.74) is 2.89. The fourth-order valence-corrected chi connectivity index (χ4v) is 8.72. The molecule has 5 rings (SSSR count). The molecule has 1 N–H and O–H groups in total. The number of hydrogen-bond donors (Lipinski definition) is 1. The number of fused-ring (bicyclic) bond motifs is 1. The predicted molar refractivity (Wildman–Crippen MR) is 181 cm³/mol. The Morgan fingerprint density at radius 3 is 2.03 bits per heavy atom. The largest absolute Gasteiger partial charge is 0.506 e. The molecule has 1 atom stereocenters. The Bertz CT molecular complexity index is 1470. The highest BCUT2D eigenvalue weighted by molar-refractivity contribution is 14.1. The Balaban J connectivity index is 1.65. The monoisotopic (exact) mass is 1040 g/mol. The van der Waals surface area contributed by atoms with Crippen LogP contribution in [0.3, 0.4) is 0 Å². The maximum atomic E-state index is 13.1. The lowest BCUT2D eigenvalue weighted by Gasteiger charge is -2.31. The van der Waals surface area contributed by atoms with Crippen molar-refractivity contribution >= 4 is 119 Å². The Hall–Kier alpha value is -0.400. The van der Waals surface area contributed by atoms with Gasteiger partial charge in [0.1, 0.15) is 18.1 Å². The predicted octanol–water partition coefficient (Wildman–Crippen LogP) is 8.46. The summed E-state index contributed by atoms with van der Waals surface area (Å²) in [7, 11) is 0. The van der Waals surface area contributed by atoms with Gasteiger partial charge in [0.2, 0.25) is 0 Å². The standard InChI is InChI=1S/C27H15I5O4/c28-17-5-3-4-14(8-17)13-35-25-22(31)11-16(12-23(25)32)27(15-9-20(29)24(33)21(30)10-15)19-7-2-1-6-18(19)26(34)36-27/h1-12,33H,13H2. The first-order chi connectivity index (χ1) is 17.2. The second kappa shape index (κ2) is 11.0. The lowest BCUT2D eigenvalue weighted by molar-refractivity contribution is 0.0250. The van der Waals surface area contributed by atoms with Crippen molar-refractivity contribution in [2.45, 2.75) is 12.2 Å². The molecule has 4 aromatic carbocycles. The third-order valence-electron chi connectivity index (χ3n) is 5.87. The van der Waals surface area contributed by atoms with E-state index in [1.807, 2.05) is 54.6 Å². The van der Waals surface area contributed by atoms with E-state index in [9.17, 15) is 9.90 Å². The number of hydrogen-bond acceptors (Lipinski definition) is 4. The minimum atomic E-state index is -1.14. The van der Waals surface area contributed by atoms with Crippen LogP contribution in [0.25, 0.3) is 0 Å². The molecule has 0 aromatic heterocycles. The molecule has 182 valence electrons. The Morgan fingerprint density at radius 1 is 0.778 bits per heavy atom. The van der Waals surface area contributed by atoms with Gasteiger partial charge in [-0.05, 0) is 161 Å². The van der Waals surface area contributed by atoms with E-state index in [-0.39, 0.29) is 11.7 Å². The molecule has 1 unspecified atom stereocenters. The zero-order chi connectivity index (χ0) is 25.6. The van der Waals surface area contributed by atoms with Crippen molar-refractivity contribution < 1.29 is 19.4 Å². The number of halogens is 5. The van der Waals surface area contributed by atoms with Crippen LogP contribution in [0.15, 0.2) is 72.8 Å². The summed E-state index contributed by atoms with van der Waals surface area (Å²) in [5, 5.41) is 10.4. The van der Waals surface area contributed by atoms with Crippen LogP contribution in [-0.2, 0) is 16.9 Å². The highest BCUT2D eigenvalue weighted by Crippen LogP contribution is 2.49. The summed E-state index contributed by atoms with van der Waals surface area (Å²) in [6, 6.07) is 23.5. The molecule has 4 nitrogen and oxygen atoms in total. The van der Waals surface area contributed by atoms with Crippen LogP contribution < -0.4 is 4.74 Å². The lowest BCUT2D eigenvalue weighted by Crippen LogP contribution is -2.30. The molecule has 0 radical (unpaired) electrons. The lowest BCUT2D eigenvalue weighted by atomic mass is 9.80. The van der Waals surface area contributed by atoms with Gasteiger partial charge in [0.15, 0.2) is 5.60 Å². The Kier molecular flexibility index (Phi) is 8.30. The number of phenolic OH excluding ortho intramolecular Hbond substituents is 1. The Labute approximate surface area is 276 Å². The first kappa shape index (κ1) is 27.2. The van der Waals surface area contributed by atoms with E-state index in [0.29, 0.717) is 19.3 Å². The van der Waals surface area contributed by atoms with Crippen LogP contribution >= 0.6 is 113 Å². The molecule has 0 fully saturated rings. The van der Waals surface area contributed by atoms with Crippen molar-refractivity contribution in [3.63, 3.8) is 0 Å². The van der Waals surface area contributed by atoms with Crippen molar-refractivity contribution in [1.82, 2.24) is 0 Å². The van der Waals surface area contributed by atoms with Gasteiger partial charge < -0.3 is 14.6 Å². The second-order valence-electron chi connectivity index (χ2n) is 8.09.